The van der Waals surface area contributed by atoms with Crippen LogP contribution in [0.2, 0.25) is 0 Å². The summed E-state index contributed by atoms with van der Waals surface area (Å²) in [6.45, 7) is 2.65. The minimum Gasteiger partial charge on any atom is -0.507 e. The van der Waals surface area contributed by atoms with Gasteiger partial charge in [0.15, 0.2) is 0 Å². The van der Waals surface area contributed by atoms with E-state index in [4.69, 9.17) is 5.11 Å². The molecule has 100 valence electrons. The van der Waals surface area contributed by atoms with Crippen LogP contribution in [0.3, 0.4) is 0 Å². The normalized spacial score (nSPS) is 10.4. The van der Waals surface area contributed by atoms with Crippen molar-refractivity contribution in [2.24, 2.45) is 0 Å². The third kappa shape index (κ3) is 3.48. The molecule has 0 amide bonds. The summed E-state index contributed by atoms with van der Waals surface area (Å²) >= 11 is 0. The van der Waals surface area contributed by atoms with Gasteiger partial charge in [0.05, 0.1) is 0 Å². The van der Waals surface area contributed by atoms with Crippen LogP contribution in [0.25, 0.3) is 0 Å². The van der Waals surface area contributed by atoms with E-state index < -0.39 is 0 Å². The lowest BCUT2D eigenvalue weighted by atomic mass is 10.1. The molecule has 19 heavy (non-hydrogen) atoms. The van der Waals surface area contributed by atoms with Gasteiger partial charge in [0.25, 0.3) is 0 Å². The van der Waals surface area contributed by atoms with Crippen LogP contribution >= 0.6 is 0 Å². The van der Waals surface area contributed by atoms with Gasteiger partial charge in [-0.05, 0) is 36.6 Å². The highest BCUT2D eigenvalue weighted by atomic mass is 16.3. The van der Waals surface area contributed by atoms with E-state index in [1.54, 1.807) is 0 Å². The summed E-state index contributed by atoms with van der Waals surface area (Å²) in [6, 6.07) is 13.7. The van der Waals surface area contributed by atoms with Gasteiger partial charge < -0.3 is 15.5 Å². The average Bonchev–Trinajstić information content (AvgIpc) is 2.42. The quantitative estimate of drug-likeness (QED) is 0.772. The van der Waals surface area contributed by atoms with E-state index in [1.807, 2.05) is 49.4 Å². The van der Waals surface area contributed by atoms with Crippen LogP contribution in [0.15, 0.2) is 42.5 Å². The number of aryl methyl sites for hydroxylation is 1. The van der Waals surface area contributed by atoms with E-state index in [0.29, 0.717) is 18.7 Å². The van der Waals surface area contributed by atoms with Crippen molar-refractivity contribution in [1.29, 1.82) is 0 Å². The molecule has 0 aliphatic carbocycles. The standard InChI is InChI=1S/C16H19NO2/c1-12-3-2-4-14(16(12)19)11-17-15-7-5-13(6-8-15)9-10-18/h2-8,17-19H,9-11H2,1H3. The van der Waals surface area contributed by atoms with Gasteiger partial charge in [-0.1, -0.05) is 30.3 Å². The molecule has 0 unspecified atom stereocenters. The first-order valence-electron chi connectivity index (χ1n) is 6.42. The summed E-state index contributed by atoms with van der Waals surface area (Å²) in [7, 11) is 0. The Kier molecular flexibility index (Phi) is 4.42. The van der Waals surface area contributed by atoms with Crippen molar-refractivity contribution in [3.05, 3.63) is 59.2 Å². The summed E-state index contributed by atoms with van der Waals surface area (Å²) in [5, 5.41) is 22.1. The number of nitrogens with one attached hydrogen (secondary N) is 1. The Bertz CT molecular complexity index is 535. The molecule has 0 bridgehead atoms. The Balaban J connectivity index is 2.00. The zero-order chi connectivity index (χ0) is 13.7. The molecule has 0 aromatic heterocycles. The van der Waals surface area contributed by atoms with Crippen molar-refractivity contribution in [3.63, 3.8) is 0 Å². The number of para-hydroxylation sites is 1. The minimum absolute atomic E-state index is 0.171. The number of hydrogen-bond acceptors (Lipinski definition) is 3. The lowest BCUT2D eigenvalue weighted by Gasteiger charge is -2.10. The number of phenolic OH excluding ortho intramolecular Hbond substituents is 1. The molecule has 3 heteroatoms. The van der Waals surface area contributed by atoms with Gasteiger partial charge in [0, 0.05) is 24.4 Å². The van der Waals surface area contributed by atoms with Crippen molar-refractivity contribution >= 4 is 5.69 Å². The minimum atomic E-state index is 0.171. The third-order valence-electron chi connectivity index (χ3n) is 3.16. The Morgan fingerprint density at radius 3 is 2.47 bits per heavy atom. The van der Waals surface area contributed by atoms with E-state index >= 15 is 0 Å². The predicted molar refractivity (Wildman–Crippen MR) is 77.4 cm³/mol. The van der Waals surface area contributed by atoms with Gasteiger partial charge in [0.1, 0.15) is 5.75 Å². The highest BCUT2D eigenvalue weighted by Gasteiger charge is 2.03. The molecule has 0 saturated carbocycles. The summed E-state index contributed by atoms with van der Waals surface area (Å²) in [5.41, 5.74) is 3.89. The Morgan fingerprint density at radius 2 is 1.79 bits per heavy atom. The lowest BCUT2D eigenvalue weighted by molar-refractivity contribution is 0.299. The molecule has 2 aromatic rings. The first kappa shape index (κ1) is 13.4. The fraction of sp³-hybridized carbons (Fsp3) is 0.250. The summed E-state index contributed by atoms with van der Waals surface area (Å²) in [4.78, 5) is 0. The molecular weight excluding hydrogens is 238 g/mol. The van der Waals surface area contributed by atoms with Gasteiger partial charge >= 0.3 is 0 Å². The maximum absolute atomic E-state index is 9.92. The molecular formula is C16H19NO2. The van der Waals surface area contributed by atoms with Crippen LogP contribution in [0.5, 0.6) is 5.75 Å². The number of aliphatic hydroxyl groups excluding tert-OH is 1. The maximum Gasteiger partial charge on any atom is 0.123 e. The zero-order valence-corrected chi connectivity index (χ0v) is 11.1. The van der Waals surface area contributed by atoms with Crippen molar-refractivity contribution in [1.82, 2.24) is 0 Å². The van der Waals surface area contributed by atoms with Crippen molar-refractivity contribution in [3.8, 4) is 5.75 Å². The molecule has 3 nitrogen and oxygen atoms in total. The number of anilines is 1. The van der Waals surface area contributed by atoms with E-state index in [-0.39, 0.29) is 6.61 Å². The van der Waals surface area contributed by atoms with Crippen LogP contribution < -0.4 is 5.32 Å². The van der Waals surface area contributed by atoms with Gasteiger partial charge in [-0.3, -0.25) is 0 Å². The first-order valence-corrected chi connectivity index (χ1v) is 6.42. The lowest BCUT2D eigenvalue weighted by Crippen LogP contribution is -2.00. The van der Waals surface area contributed by atoms with Crippen LogP contribution in [0.1, 0.15) is 16.7 Å². The molecule has 2 rings (SSSR count). The molecule has 0 saturated heterocycles. The second-order valence-electron chi connectivity index (χ2n) is 4.61. The average molecular weight is 257 g/mol. The number of phenols is 1. The number of aromatic hydroxyl groups is 1. The highest BCUT2D eigenvalue weighted by molar-refractivity contribution is 5.47. The second-order valence-corrected chi connectivity index (χ2v) is 4.61. The molecule has 0 heterocycles. The van der Waals surface area contributed by atoms with E-state index in [2.05, 4.69) is 5.32 Å². The zero-order valence-electron chi connectivity index (χ0n) is 11.1. The van der Waals surface area contributed by atoms with E-state index in [1.165, 1.54) is 0 Å². The van der Waals surface area contributed by atoms with Gasteiger partial charge in [0.2, 0.25) is 0 Å². The van der Waals surface area contributed by atoms with Gasteiger partial charge in [-0.2, -0.15) is 0 Å². The largest absolute Gasteiger partial charge is 0.507 e. The number of benzene rings is 2. The second kappa shape index (κ2) is 6.25. The van der Waals surface area contributed by atoms with Crippen LogP contribution in [0, 0.1) is 6.92 Å². The number of hydrogen-bond donors (Lipinski definition) is 3. The highest BCUT2D eigenvalue weighted by Crippen LogP contribution is 2.22. The molecule has 0 fully saturated rings. The van der Waals surface area contributed by atoms with Crippen LogP contribution in [-0.4, -0.2) is 16.8 Å². The van der Waals surface area contributed by atoms with Gasteiger partial charge in [-0.15, -0.1) is 0 Å². The van der Waals surface area contributed by atoms with Crippen LogP contribution in [0.4, 0.5) is 5.69 Å². The molecule has 0 aliphatic rings. The maximum atomic E-state index is 9.92. The monoisotopic (exact) mass is 257 g/mol. The predicted octanol–water partition coefficient (Wildman–Crippen LogP) is 2.85. The molecule has 0 spiro atoms. The topological polar surface area (TPSA) is 52.5 Å². The fourth-order valence-electron chi connectivity index (χ4n) is 1.98. The SMILES string of the molecule is Cc1cccc(CNc2ccc(CCO)cc2)c1O. The molecule has 0 atom stereocenters. The number of aliphatic hydroxyl groups is 1. The van der Waals surface area contributed by atoms with Crippen molar-refractivity contribution in [2.75, 3.05) is 11.9 Å². The Hall–Kier alpha value is -2.00. The van der Waals surface area contributed by atoms with Gasteiger partial charge in [-0.25, -0.2) is 0 Å². The summed E-state index contributed by atoms with van der Waals surface area (Å²) in [6.07, 6.45) is 0.680. The first-order chi connectivity index (χ1) is 9.20. The molecule has 0 aliphatic heterocycles. The summed E-state index contributed by atoms with van der Waals surface area (Å²) < 4.78 is 0. The molecule has 2 aromatic carbocycles. The van der Waals surface area contributed by atoms with Crippen LogP contribution in [-0.2, 0) is 13.0 Å². The van der Waals surface area contributed by atoms with Crippen molar-refractivity contribution in [2.45, 2.75) is 19.9 Å². The molecule has 3 N–H and O–H groups in total. The fourth-order valence-corrected chi connectivity index (χ4v) is 1.98. The number of rotatable bonds is 5. The van der Waals surface area contributed by atoms with E-state index in [0.717, 1.165) is 22.4 Å². The summed E-state index contributed by atoms with van der Waals surface area (Å²) in [5.74, 6) is 0.354. The smallest absolute Gasteiger partial charge is 0.123 e. The Labute approximate surface area is 113 Å². The molecule has 0 radical (unpaired) electrons. The van der Waals surface area contributed by atoms with Crippen molar-refractivity contribution < 1.29 is 10.2 Å². The Morgan fingerprint density at radius 1 is 1.05 bits per heavy atom. The van der Waals surface area contributed by atoms with E-state index in [9.17, 15) is 5.11 Å². The third-order valence-corrected chi connectivity index (χ3v) is 3.16.